The smallest absolute Gasteiger partial charge is 0.146 e. The third-order valence-corrected chi connectivity index (χ3v) is 2.27. The zero-order valence-electron chi connectivity index (χ0n) is 5.53. The van der Waals surface area contributed by atoms with Gasteiger partial charge in [-0.1, -0.05) is 0 Å². The molecule has 0 aliphatic rings. The molecular formula is C7H5BrN2O. The van der Waals surface area contributed by atoms with Gasteiger partial charge < -0.3 is 5.11 Å². The molecule has 0 saturated heterocycles. The Morgan fingerprint density at radius 1 is 1.45 bits per heavy atom. The molecule has 11 heavy (non-hydrogen) atoms. The average Bonchev–Trinajstić information content (AvgIpc) is 2.45. The van der Waals surface area contributed by atoms with Gasteiger partial charge in [0.15, 0.2) is 0 Å². The molecule has 0 aliphatic carbocycles. The van der Waals surface area contributed by atoms with Crippen LogP contribution < -0.4 is 0 Å². The molecule has 2 heterocycles. The van der Waals surface area contributed by atoms with E-state index < -0.39 is 0 Å². The van der Waals surface area contributed by atoms with Gasteiger partial charge in [-0.25, -0.2) is 4.98 Å². The lowest BCUT2D eigenvalue weighted by molar-refractivity contribution is 0.467. The van der Waals surface area contributed by atoms with Crippen LogP contribution in [0.25, 0.3) is 5.65 Å². The van der Waals surface area contributed by atoms with Crippen molar-refractivity contribution < 1.29 is 5.11 Å². The van der Waals surface area contributed by atoms with E-state index in [2.05, 4.69) is 20.9 Å². The van der Waals surface area contributed by atoms with Crippen LogP contribution in [0.2, 0.25) is 0 Å². The molecule has 2 aromatic rings. The van der Waals surface area contributed by atoms with Crippen molar-refractivity contribution in [2.24, 2.45) is 0 Å². The maximum absolute atomic E-state index is 9.24. The summed E-state index contributed by atoms with van der Waals surface area (Å²) in [6.07, 6.45) is 3.46. The predicted molar refractivity (Wildman–Crippen MR) is 44.6 cm³/mol. The fraction of sp³-hybridized carbons (Fsp3) is 0. The van der Waals surface area contributed by atoms with Gasteiger partial charge in [0.2, 0.25) is 0 Å². The lowest BCUT2D eigenvalue weighted by atomic mass is 10.4. The van der Waals surface area contributed by atoms with Crippen molar-refractivity contribution in [3.63, 3.8) is 0 Å². The Kier molecular flexibility index (Phi) is 1.35. The molecule has 4 heteroatoms. The summed E-state index contributed by atoms with van der Waals surface area (Å²) in [7, 11) is 0. The molecule has 0 saturated carbocycles. The second-order valence-electron chi connectivity index (χ2n) is 2.16. The Hall–Kier alpha value is -1.03. The van der Waals surface area contributed by atoms with Gasteiger partial charge in [-0.15, -0.1) is 0 Å². The largest absolute Gasteiger partial charge is 0.505 e. The van der Waals surface area contributed by atoms with Crippen LogP contribution in [0, 0.1) is 0 Å². The number of halogens is 1. The Balaban J connectivity index is 2.93. The van der Waals surface area contributed by atoms with Gasteiger partial charge in [-0.3, -0.25) is 4.40 Å². The van der Waals surface area contributed by atoms with E-state index in [1.807, 2.05) is 0 Å². The van der Waals surface area contributed by atoms with Crippen molar-refractivity contribution in [3.8, 4) is 5.75 Å². The molecule has 0 aromatic carbocycles. The second kappa shape index (κ2) is 2.23. The van der Waals surface area contributed by atoms with Gasteiger partial charge >= 0.3 is 0 Å². The van der Waals surface area contributed by atoms with Crippen molar-refractivity contribution >= 4 is 21.6 Å². The van der Waals surface area contributed by atoms with E-state index in [0.717, 1.165) is 5.65 Å². The summed E-state index contributed by atoms with van der Waals surface area (Å²) in [6, 6.07) is 3.35. The lowest BCUT2D eigenvalue weighted by Crippen LogP contribution is -1.84. The first-order valence-electron chi connectivity index (χ1n) is 3.09. The summed E-state index contributed by atoms with van der Waals surface area (Å²) in [5.74, 6) is 0.218. The van der Waals surface area contributed by atoms with Crippen LogP contribution in [0.1, 0.15) is 0 Å². The molecule has 0 spiro atoms. The SMILES string of the molecule is Oc1ccc2nccn2c1Br. The number of aromatic hydroxyl groups is 1. The van der Waals surface area contributed by atoms with Crippen LogP contribution in [-0.4, -0.2) is 14.5 Å². The monoisotopic (exact) mass is 212 g/mol. The van der Waals surface area contributed by atoms with E-state index in [1.165, 1.54) is 0 Å². The summed E-state index contributed by atoms with van der Waals surface area (Å²) >= 11 is 3.23. The number of hydrogen-bond donors (Lipinski definition) is 1. The highest BCUT2D eigenvalue weighted by Gasteiger charge is 2.01. The van der Waals surface area contributed by atoms with Crippen molar-refractivity contribution in [1.29, 1.82) is 0 Å². The van der Waals surface area contributed by atoms with Crippen molar-refractivity contribution in [3.05, 3.63) is 29.1 Å². The zero-order chi connectivity index (χ0) is 7.84. The van der Waals surface area contributed by atoms with E-state index >= 15 is 0 Å². The van der Waals surface area contributed by atoms with E-state index in [1.54, 1.807) is 28.9 Å². The predicted octanol–water partition coefficient (Wildman–Crippen LogP) is 1.80. The quantitative estimate of drug-likeness (QED) is 0.677. The van der Waals surface area contributed by atoms with Gasteiger partial charge in [-0.05, 0) is 28.1 Å². The van der Waals surface area contributed by atoms with Gasteiger partial charge in [0.25, 0.3) is 0 Å². The van der Waals surface area contributed by atoms with Crippen molar-refractivity contribution in [2.45, 2.75) is 0 Å². The number of imidazole rings is 1. The third-order valence-electron chi connectivity index (χ3n) is 1.48. The highest BCUT2D eigenvalue weighted by Crippen LogP contribution is 2.23. The van der Waals surface area contributed by atoms with Crippen LogP contribution >= 0.6 is 15.9 Å². The molecule has 1 N–H and O–H groups in total. The number of nitrogens with zero attached hydrogens (tertiary/aromatic N) is 2. The zero-order valence-corrected chi connectivity index (χ0v) is 7.12. The summed E-state index contributed by atoms with van der Waals surface area (Å²) in [5.41, 5.74) is 0.815. The number of rotatable bonds is 0. The average molecular weight is 213 g/mol. The molecule has 0 fully saturated rings. The minimum absolute atomic E-state index is 0.218. The first-order valence-corrected chi connectivity index (χ1v) is 3.89. The minimum Gasteiger partial charge on any atom is -0.505 e. The maximum atomic E-state index is 9.24. The van der Waals surface area contributed by atoms with Crippen LogP contribution in [0.3, 0.4) is 0 Å². The Morgan fingerprint density at radius 3 is 3.09 bits per heavy atom. The third kappa shape index (κ3) is 0.903. The molecule has 0 amide bonds. The summed E-state index contributed by atoms with van der Waals surface area (Å²) in [5, 5.41) is 9.24. The van der Waals surface area contributed by atoms with Crippen LogP contribution in [0.15, 0.2) is 29.1 Å². The molecule has 2 aromatic heterocycles. The Bertz CT molecular complexity index is 396. The highest BCUT2D eigenvalue weighted by molar-refractivity contribution is 9.10. The van der Waals surface area contributed by atoms with Crippen molar-refractivity contribution in [1.82, 2.24) is 9.38 Å². The van der Waals surface area contributed by atoms with Gasteiger partial charge in [0.05, 0.1) is 0 Å². The normalized spacial score (nSPS) is 10.6. The van der Waals surface area contributed by atoms with Gasteiger partial charge in [0, 0.05) is 12.4 Å². The molecule has 0 atom stereocenters. The first kappa shape index (κ1) is 6.67. The van der Waals surface area contributed by atoms with Crippen LogP contribution in [0.4, 0.5) is 0 Å². The number of hydrogen-bond acceptors (Lipinski definition) is 2. The molecule has 3 nitrogen and oxygen atoms in total. The minimum atomic E-state index is 0.218. The van der Waals surface area contributed by atoms with E-state index in [0.29, 0.717) is 4.60 Å². The Morgan fingerprint density at radius 2 is 2.27 bits per heavy atom. The topological polar surface area (TPSA) is 37.5 Å². The van der Waals surface area contributed by atoms with E-state index in [4.69, 9.17) is 0 Å². The molecule has 0 unspecified atom stereocenters. The second-order valence-corrected chi connectivity index (χ2v) is 2.92. The highest BCUT2D eigenvalue weighted by atomic mass is 79.9. The van der Waals surface area contributed by atoms with E-state index in [-0.39, 0.29) is 5.75 Å². The van der Waals surface area contributed by atoms with Crippen LogP contribution in [-0.2, 0) is 0 Å². The Labute approximate surface area is 71.4 Å². The molecule has 0 aliphatic heterocycles. The van der Waals surface area contributed by atoms with Gasteiger partial charge in [-0.2, -0.15) is 0 Å². The maximum Gasteiger partial charge on any atom is 0.146 e. The molecule has 2 rings (SSSR count). The summed E-state index contributed by atoms with van der Waals surface area (Å²) in [6.45, 7) is 0. The summed E-state index contributed by atoms with van der Waals surface area (Å²) in [4.78, 5) is 4.04. The molecular weight excluding hydrogens is 208 g/mol. The van der Waals surface area contributed by atoms with Gasteiger partial charge in [0.1, 0.15) is 16.0 Å². The lowest BCUT2D eigenvalue weighted by Gasteiger charge is -1.98. The fourth-order valence-electron chi connectivity index (χ4n) is 0.950. The van der Waals surface area contributed by atoms with Crippen molar-refractivity contribution in [2.75, 3.05) is 0 Å². The summed E-state index contributed by atoms with van der Waals surface area (Å²) < 4.78 is 2.39. The van der Waals surface area contributed by atoms with E-state index in [9.17, 15) is 5.11 Å². The number of fused-ring (bicyclic) bond motifs is 1. The standard InChI is InChI=1S/C7H5BrN2O/c8-7-5(11)1-2-6-9-3-4-10(6)7/h1-4,11H. The number of aromatic nitrogens is 2. The molecule has 0 bridgehead atoms. The first-order chi connectivity index (χ1) is 5.29. The molecule has 0 radical (unpaired) electrons. The number of pyridine rings is 1. The molecule has 56 valence electrons. The van der Waals surface area contributed by atoms with Crippen LogP contribution in [0.5, 0.6) is 5.75 Å². The fourth-order valence-corrected chi connectivity index (χ4v) is 1.38.